The van der Waals surface area contributed by atoms with E-state index in [-0.39, 0.29) is 0 Å². The van der Waals surface area contributed by atoms with Crippen molar-refractivity contribution in [3.05, 3.63) is 53.4 Å². The van der Waals surface area contributed by atoms with E-state index in [4.69, 9.17) is 4.42 Å². The van der Waals surface area contributed by atoms with Crippen LogP contribution in [0.1, 0.15) is 202 Å². The number of thiophene rings is 1. The Morgan fingerprint density at radius 3 is 1.33 bits per heavy atom. The molecule has 0 spiro atoms. The largest absolute Gasteiger partial charge is 0.443 e. The van der Waals surface area contributed by atoms with Crippen molar-refractivity contribution < 1.29 is 4.42 Å². The molecule has 2 aromatic heterocycles. The third kappa shape index (κ3) is 8.50. The Bertz CT molecular complexity index is 1500. The number of hydrogen-bond acceptors (Lipinski definition) is 5. The number of hydrogen-bond donors (Lipinski definition) is 0. The molecule has 5 heteroatoms. The van der Waals surface area contributed by atoms with Crippen LogP contribution in [0.3, 0.4) is 0 Å². The fourth-order valence-electron chi connectivity index (χ4n) is 12.9. The van der Waals surface area contributed by atoms with Gasteiger partial charge in [-0.3, -0.25) is 9.80 Å². The maximum absolute atomic E-state index is 5.99. The first kappa shape index (κ1) is 37.6. The molecule has 0 saturated heterocycles. The lowest BCUT2D eigenvalue weighted by molar-refractivity contribution is 0.0197. The normalized spacial score (nSPS) is 28.9. The first-order chi connectivity index (χ1) is 26.8. The molecule has 3 aromatic rings. The van der Waals surface area contributed by atoms with E-state index in [1.165, 1.54) is 196 Å². The maximum atomic E-state index is 5.99. The lowest BCUT2D eigenvalue weighted by Crippen LogP contribution is -2.51. The number of aromatic nitrogens is 1. The minimum absolute atomic E-state index is 0.664. The predicted octanol–water partition coefficient (Wildman–Crippen LogP) is 14.1. The van der Waals surface area contributed by atoms with Gasteiger partial charge in [-0.25, -0.2) is 4.98 Å². The number of rotatable bonds is 10. The van der Waals surface area contributed by atoms with Gasteiger partial charge in [-0.05, 0) is 132 Å². The first-order valence-corrected chi connectivity index (χ1v) is 24.3. The van der Waals surface area contributed by atoms with Crippen LogP contribution in [0.4, 0.5) is 0 Å². The molecular formula is C49H71N3OS. The van der Waals surface area contributed by atoms with E-state index in [0.29, 0.717) is 11.8 Å². The summed E-state index contributed by atoms with van der Waals surface area (Å²) in [5.41, 5.74) is 4.26. The highest BCUT2D eigenvalue weighted by Gasteiger charge is 2.38. The minimum atomic E-state index is 0.664. The summed E-state index contributed by atoms with van der Waals surface area (Å²) in [6.07, 6.45) is 43.5. The highest BCUT2D eigenvalue weighted by Crippen LogP contribution is 2.48. The molecule has 4 nitrogen and oxygen atoms in total. The zero-order valence-electron chi connectivity index (χ0n) is 33.6. The summed E-state index contributed by atoms with van der Waals surface area (Å²) in [5, 5.41) is 0. The van der Waals surface area contributed by atoms with Crippen molar-refractivity contribution in [1.82, 2.24) is 14.8 Å². The second kappa shape index (κ2) is 18.1. The Hall–Kier alpha value is -1.95. The maximum Gasteiger partial charge on any atom is 0.181 e. The van der Waals surface area contributed by atoms with E-state index in [9.17, 15) is 0 Å². The molecule has 6 aliphatic rings. The van der Waals surface area contributed by atoms with Gasteiger partial charge in [0.15, 0.2) is 12.2 Å². The fraction of sp³-hybridized carbons (Fsp3) is 0.735. The SMILES string of the molecule is c1ncc(-c2sc(C3CCC(N(C4CCCCC4)C4CCCCC4)CC3)cc2-c2ccc(C3CCC(N(C4CCCCC4)C4CCCCC4)CC3)cc2)o1. The molecular weight excluding hydrogens is 679 g/mol. The third-order valence-corrected chi connectivity index (χ3v) is 17.0. The molecule has 0 radical (unpaired) electrons. The van der Waals surface area contributed by atoms with E-state index in [1.807, 2.05) is 17.5 Å². The molecule has 54 heavy (non-hydrogen) atoms. The molecule has 6 aliphatic carbocycles. The lowest BCUT2D eigenvalue weighted by Gasteiger charge is -2.48. The summed E-state index contributed by atoms with van der Waals surface area (Å²) >= 11 is 1.99. The molecule has 0 amide bonds. The Balaban J connectivity index is 0.871. The monoisotopic (exact) mass is 750 g/mol. The second-order valence-electron chi connectivity index (χ2n) is 19.0. The van der Waals surface area contributed by atoms with E-state index in [0.717, 1.165) is 42.0 Å². The van der Waals surface area contributed by atoms with Crippen LogP contribution in [0.25, 0.3) is 21.8 Å². The Kier molecular flexibility index (Phi) is 12.6. The van der Waals surface area contributed by atoms with Gasteiger partial charge in [0, 0.05) is 46.7 Å². The van der Waals surface area contributed by atoms with E-state index < -0.39 is 0 Å². The molecule has 0 aliphatic heterocycles. The fourth-order valence-corrected chi connectivity index (χ4v) is 14.2. The summed E-state index contributed by atoms with van der Waals surface area (Å²) < 4.78 is 5.99. The summed E-state index contributed by atoms with van der Waals surface area (Å²) in [7, 11) is 0. The average Bonchev–Trinajstić information content (AvgIpc) is 3.95. The summed E-state index contributed by atoms with van der Waals surface area (Å²) in [4.78, 5) is 13.5. The molecule has 294 valence electrons. The van der Waals surface area contributed by atoms with Crippen LogP contribution in [-0.2, 0) is 0 Å². The predicted molar refractivity (Wildman–Crippen MR) is 226 cm³/mol. The third-order valence-electron chi connectivity index (χ3n) is 15.7. The quantitative estimate of drug-likeness (QED) is 0.207. The Morgan fingerprint density at radius 2 is 0.907 bits per heavy atom. The molecule has 9 rings (SSSR count). The second-order valence-corrected chi connectivity index (χ2v) is 20.0. The minimum Gasteiger partial charge on any atom is -0.443 e. The number of benzene rings is 1. The molecule has 1 aromatic carbocycles. The highest BCUT2D eigenvalue weighted by molar-refractivity contribution is 7.16. The highest BCUT2D eigenvalue weighted by atomic mass is 32.1. The first-order valence-electron chi connectivity index (χ1n) is 23.5. The van der Waals surface area contributed by atoms with E-state index >= 15 is 0 Å². The van der Waals surface area contributed by atoms with Crippen molar-refractivity contribution in [1.29, 1.82) is 0 Å². The Labute approximate surface area is 332 Å². The van der Waals surface area contributed by atoms with Gasteiger partial charge < -0.3 is 4.42 Å². The van der Waals surface area contributed by atoms with Crippen LogP contribution in [0.5, 0.6) is 0 Å². The van der Waals surface area contributed by atoms with Crippen molar-refractivity contribution in [3.63, 3.8) is 0 Å². The molecule has 6 saturated carbocycles. The van der Waals surface area contributed by atoms with Gasteiger partial charge in [0.25, 0.3) is 0 Å². The summed E-state index contributed by atoms with van der Waals surface area (Å²) in [5.74, 6) is 2.30. The molecule has 2 heterocycles. The van der Waals surface area contributed by atoms with Gasteiger partial charge >= 0.3 is 0 Å². The van der Waals surface area contributed by atoms with Crippen LogP contribution in [-0.4, -0.2) is 51.0 Å². The van der Waals surface area contributed by atoms with Gasteiger partial charge in [0.1, 0.15) is 0 Å². The van der Waals surface area contributed by atoms with Crippen LogP contribution in [0, 0.1) is 0 Å². The standard InChI is InChI=1S/C49H71N3OS/c1-5-13-40(14-6-1)51(41-15-7-2-8-16-41)44-29-25-37(26-30-44)36-21-23-38(24-22-36)46-33-48(54-49(46)47-34-50-35-53-47)39-27-31-45(32-28-39)52(42-17-9-3-10-18-42)43-19-11-4-12-20-43/h21-24,33-35,37,39-45H,1-20,25-32H2. The van der Waals surface area contributed by atoms with Crippen molar-refractivity contribution in [2.75, 3.05) is 0 Å². The smallest absolute Gasteiger partial charge is 0.181 e. The van der Waals surface area contributed by atoms with E-state index in [1.54, 1.807) is 16.8 Å². The molecule has 0 unspecified atom stereocenters. The van der Waals surface area contributed by atoms with Gasteiger partial charge in [-0.15, -0.1) is 11.3 Å². The summed E-state index contributed by atoms with van der Waals surface area (Å²) in [6, 6.07) is 17.4. The van der Waals surface area contributed by atoms with Crippen molar-refractivity contribution in [2.24, 2.45) is 0 Å². The van der Waals surface area contributed by atoms with Gasteiger partial charge in [0.05, 0.1) is 11.1 Å². The van der Waals surface area contributed by atoms with Gasteiger partial charge in [-0.2, -0.15) is 0 Å². The molecule has 0 bridgehead atoms. The summed E-state index contributed by atoms with van der Waals surface area (Å²) in [6.45, 7) is 0. The molecule has 6 fully saturated rings. The zero-order chi connectivity index (χ0) is 36.1. The zero-order valence-corrected chi connectivity index (χ0v) is 34.4. The Morgan fingerprint density at radius 1 is 0.481 bits per heavy atom. The van der Waals surface area contributed by atoms with Crippen molar-refractivity contribution in [3.8, 4) is 21.8 Å². The lowest BCUT2D eigenvalue weighted by atomic mass is 9.78. The van der Waals surface area contributed by atoms with Crippen molar-refractivity contribution >= 4 is 11.3 Å². The average molecular weight is 750 g/mol. The van der Waals surface area contributed by atoms with Crippen LogP contribution in [0.2, 0.25) is 0 Å². The number of oxazole rings is 1. The molecule has 0 N–H and O–H groups in total. The number of nitrogens with zero attached hydrogens (tertiary/aromatic N) is 3. The topological polar surface area (TPSA) is 32.5 Å². The van der Waals surface area contributed by atoms with Crippen LogP contribution >= 0.6 is 11.3 Å². The van der Waals surface area contributed by atoms with Crippen molar-refractivity contribution in [2.45, 2.75) is 228 Å². The van der Waals surface area contributed by atoms with Crippen LogP contribution in [0.15, 0.2) is 47.3 Å². The van der Waals surface area contributed by atoms with Crippen LogP contribution < -0.4 is 0 Å². The van der Waals surface area contributed by atoms with Gasteiger partial charge in [0.2, 0.25) is 0 Å². The van der Waals surface area contributed by atoms with Gasteiger partial charge in [-0.1, -0.05) is 101 Å². The molecule has 0 atom stereocenters. The van der Waals surface area contributed by atoms with E-state index in [2.05, 4.69) is 45.1 Å².